The maximum absolute atomic E-state index is 11.9. The first-order chi connectivity index (χ1) is 18.6. The summed E-state index contributed by atoms with van der Waals surface area (Å²) in [6, 6.07) is 15.3. The highest BCUT2D eigenvalue weighted by Gasteiger charge is 2.17. The summed E-state index contributed by atoms with van der Waals surface area (Å²) in [6.45, 7) is 6.73. The quantitative estimate of drug-likeness (QED) is 0.289. The summed E-state index contributed by atoms with van der Waals surface area (Å²) in [5, 5.41) is 3.38. The highest BCUT2D eigenvalue weighted by Crippen LogP contribution is 2.31. The van der Waals surface area contributed by atoms with Crippen molar-refractivity contribution < 1.29 is 13.9 Å². The summed E-state index contributed by atoms with van der Waals surface area (Å²) in [7, 11) is 0. The second-order valence-corrected chi connectivity index (χ2v) is 8.94. The molecule has 4 heterocycles. The number of amides is 1. The third-order valence-electron chi connectivity index (χ3n) is 6.47. The summed E-state index contributed by atoms with van der Waals surface area (Å²) in [6.07, 6.45) is 7.05. The Kier molecular flexibility index (Phi) is 6.01. The standard InChI is InChI=1S/C29H24N6O3/c1-3-27(36)35-12-10-19(11-13-35)22-6-7-23-28(34-22)29(31-16-30-23)33-20-4-8-25(18(2)14-20)38-21-5-9-26-24(15-21)32-17-37-26/h3-10,14-17H,1,11-13H2,2H3,(H,30,31,33). The van der Waals surface area contributed by atoms with E-state index in [1.165, 1.54) is 18.8 Å². The molecule has 0 aliphatic carbocycles. The zero-order valence-corrected chi connectivity index (χ0v) is 20.7. The molecule has 9 nitrogen and oxygen atoms in total. The summed E-state index contributed by atoms with van der Waals surface area (Å²) < 4.78 is 11.4. The van der Waals surface area contributed by atoms with Crippen LogP contribution in [0.2, 0.25) is 0 Å². The Balaban J connectivity index is 1.23. The Labute approximate surface area is 218 Å². The van der Waals surface area contributed by atoms with Crippen molar-refractivity contribution in [2.24, 2.45) is 0 Å². The number of aryl methyl sites for hydroxylation is 1. The molecule has 5 aromatic rings. The van der Waals surface area contributed by atoms with Gasteiger partial charge in [0, 0.05) is 24.8 Å². The number of hydrogen-bond acceptors (Lipinski definition) is 8. The van der Waals surface area contributed by atoms with E-state index in [9.17, 15) is 4.79 Å². The van der Waals surface area contributed by atoms with E-state index in [4.69, 9.17) is 14.1 Å². The number of hydrogen-bond donors (Lipinski definition) is 1. The van der Waals surface area contributed by atoms with Gasteiger partial charge in [0.05, 0.1) is 11.2 Å². The molecule has 0 atom stereocenters. The van der Waals surface area contributed by atoms with Crippen molar-refractivity contribution in [1.82, 2.24) is 24.8 Å². The van der Waals surface area contributed by atoms with Crippen LogP contribution in [-0.4, -0.2) is 43.8 Å². The molecule has 0 unspecified atom stereocenters. The van der Waals surface area contributed by atoms with E-state index in [-0.39, 0.29) is 5.91 Å². The fourth-order valence-electron chi connectivity index (χ4n) is 4.45. The second kappa shape index (κ2) is 9.78. The predicted molar refractivity (Wildman–Crippen MR) is 145 cm³/mol. The molecule has 0 saturated heterocycles. The van der Waals surface area contributed by atoms with E-state index >= 15 is 0 Å². The monoisotopic (exact) mass is 504 g/mol. The average molecular weight is 505 g/mol. The van der Waals surface area contributed by atoms with Crippen LogP contribution < -0.4 is 10.1 Å². The van der Waals surface area contributed by atoms with Gasteiger partial charge in [-0.1, -0.05) is 12.7 Å². The third-order valence-corrected chi connectivity index (χ3v) is 6.47. The fraction of sp³-hybridized carbons (Fsp3) is 0.138. The average Bonchev–Trinajstić information content (AvgIpc) is 3.42. The molecule has 3 aromatic heterocycles. The van der Waals surface area contributed by atoms with Crippen LogP contribution in [0.3, 0.4) is 0 Å². The van der Waals surface area contributed by atoms with Gasteiger partial charge in [0.15, 0.2) is 17.8 Å². The van der Waals surface area contributed by atoms with Gasteiger partial charge in [0.1, 0.15) is 28.9 Å². The van der Waals surface area contributed by atoms with Crippen LogP contribution in [0.25, 0.3) is 27.7 Å². The normalized spacial score (nSPS) is 13.4. The fourth-order valence-corrected chi connectivity index (χ4v) is 4.45. The van der Waals surface area contributed by atoms with Crippen LogP contribution in [0.1, 0.15) is 17.7 Å². The number of nitrogens with zero attached hydrogens (tertiary/aromatic N) is 5. The Morgan fingerprint density at radius 2 is 2.03 bits per heavy atom. The number of aromatic nitrogens is 4. The predicted octanol–water partition coefficient (Wildman–Crippen LogP) is 5.81. The summed E-state index contributed by atoms with van der Waals surface area (Å²) in [5.74, 6) is 1.97. The molecule has 0 bridgehead atoms. The number of rotatable bonds is 6. The molecular weight excluding hydrogens is 480 g/mol. The zero-order chi connectivity index (χ0) is 26.1. The van der Waals surface area contributed by atoms with E-state index in [1.807, 2.05) is 61.5 Å². The number of carbonyl (C=O) groups excluding carboxylic acids is 1. The van der Waals surface area contributed by atoms with Crippen molar-refractivity contribution in [1.29, 1.82) is 0 Å². The van der Waals surface area contributed by atoms with E-state index in [0.29, 0.717) is 35.8 Å². The lowest BCUT2D eigenvalue weighted by Crippen LogP contribution is -2.33. The van der Waals surface area contributed by atoms with Crippen molar-refractivity contribution in [2.75, 3.05) is 18.4 Å². The SMILES string of the molecule is C=CC(=O)N1CC=C(c2ccc3ncnc(Nc4ccc(Oc5ccc6ocnc6c5)c(C)c4)c3n2)CC1. The summed E-state index contributed by atoms with van der Waals surface area (Å²) >= 11 is 0. The van der Waals surface area contributed by atoms with Crippen molar-refractivity contribution in [3.63, 3.8) is 0 Å². The molecule has 0 spiro atoms. The van der Waals surface area contributed by atoms with E-state index in [0.717, 1.165) is 45.7 Å². The molecule has 0 radical (unpaired) electrons. The van der Waals surface area contributed by atoms with Gasteiger partial charge < -0.3 is 19.4 Å². The van der Waals surface area contributed by atoms with Crippen LogP contribution in [0, 0.1) is 6.92 Å². The second-order valence-electron chi connectivity index (χ2n) is 8.94. The first kappa shape index (κ1) is 23.4. The smallest absolute Gasteiger partial charge is 0.246 e. The van der Waals surface area contributed by atoms with Crippen molar-refractivity contribution in [3.8, 4) is 11.5 Å². The summed E-state index contributed by atoms with van der Waals surface area (Å²) in [4.78, 5) is 31.6. The number of oxazole rings is 1. The van der Waals surface area contributed by atoms with Gasteiger partial charge in [0.25, 0.3) is 0 Å². The molecule has 0 fully saturated rings. The Bertz CT molecular complexity index is 1720. The van der Waals surface area contributed by atoms with Crippen LogP contribution in [0.15, 0.2) is 84.4 Å². The topological polar surface area (TPSA) is 106 Å². The lowest BCUT2D eigenvalue weighted by molar-refractivity contribution is -0.125. The number of nitrogens with one attached hydrogen (secondary N) is 1. The Hall–Kier alpha value is -5.05. The van der Waals surface area contributed by atoms with Crippen molar-refractivity contribution >= 4 is 45.1 Å². The molecule has 9 heteroatoms. The lowest BCUT2D eigenvalue weighted by atomic mass is 10.0. The van der Waals surface area contributed by atoms with Crippen LogP contribution in [0.4, 0.5) is 11.5 Å². The third kappa shape index (κ3) is 4.57. The molecule has 0 saturated carbocycles. The van der Waals surface area contributed by atoms with Gasteiger partial charge in [-0.25, -0.2) is 19.9 Å². The van der Waals surface area contributed by atoms with E-state index in [1.54, 1.807) is 4.90 Å². The van der Waals surface area contributed by atoms with Gasteiger partial charge >= 0.3 is 0 Å². The largest absolute Gasteiger partial charge is 0.457 e. The van der Waals surface area contributed by atoms with Crippen molar-refractivity contribution in [2.45, 2.75) is 13.3 Å². The molecule has 1 aliphatic heterocycles. The summed E-state index contributed by atoms with van der Waals surface area (Å²) in [5.41, 5.74) is 6.62. The van der Waals surface area contributed by atoms with Gasteiger partial charge in [-0.15, -0.1) is 0 Å². The molecule has 1 amide bonds. The molecule has 2 aromatic carbocycles. The maximum atomic E-state index is 11.9. The first-order valence-electron chi connectivity index (χ1n) is 12.2. The Morgan fingerprint density at radius 1 is 1.11 bits per heavy atom. The van der Waals surface area contributed by atoms with Crippen LogP contribution in [0.5, 0.6) is 11.5 Å². The molecule has 6 rings (SSSR count). The minimum Gasteiger partial charge on any atom is -0.457 e. The maximum Gasteiger partial charge on any atom is 0.246 e. The number of pyridine rings is 1. The number of fused-ring (bicyclic) bond motifs is 2. The molecule has 1 N–H and O–H groups in total. The molecule has 188 valence electrons. The number of anilines is 2. The number of ether oxygens (including phenoxy) is 1. The van der Waals surface area contributed by atoms with Gasteiger partial charge in [-0.2, -0.15) is 0 Å². The highest BCUT2D eigenvalue weighted by molar-refractivity contribution is 5.89. The first-order valence-corrected chi connectivity index (χ1v) is 12.2. The lowest BCUT2D eigenvalue weighted by Gasteiger charge is -2.25. The highest BCUT2D eigenvalue weighted by atomic mass is 16.5. The van der Waals surface area contributed by atoms with Gasteiger partial charge in [-0.05, 0) is 73.0 Å². The molecule has 38 heavy (non-hydrogen) atoms. The minimum atomic E-state index is -0.0607. The number of carbonyl (C=O) groups is 1. The zero-order valence-electron chi connectivity index (χ0n) is 20.7. The molecular formula is C29H24N6O3. The van der Waals surface area contributed by atoms with E-state index < -0.39 is 0 Å². The number of benzene rings is 2. The minimum absolute atomic E-state index is 0.0607. The Morgan fingerprint density at radius 3 is 2.84 bits per heavy atom. The van der Waals surface area contributed by atoms with Gasteiger partial charge in [-0.3, -0.25) is 4.79 Å². The van der Waals surface area contributed by atoms with Crippen molar-refractivity contribution in [3.05, 3.63) is 91.2 Å². The molecule has 1 aliphatic rings. The van der Waals surface area contributed by atoms with E-state index in [2.05, 4.69) is 26.8 Å². The van der Waals surface area contributed by atoms with Gasteiger partial charge in [0.2, 0.25) is 5.91 Å². The van der Waals surface area contributed by atoms with Crippen LogP contribution >= 0.6 is 0 Å². The van der Waals surface area contributed by atoms with Crippen LogP contribution in [-0.2, 0) is 4.79 Å².